The first-order valence-corrected chi connectivity index (χ1v) is 14.6. The summed E-state index contributed by atoms with van der Waals surface area (Å²) in [5.74, 6) is -4.30. The molecule has 2 heterocycles. The third kappa shape index (κ3) is 5.61. The topological polar surface area (TPSA) is 126 Å². The van der Waals surface area contributed by atoms with Crippen LogP contribution in [0.25, 0.3) is 0 Å². The van der Waals surface area contributed by atoms with E-state index in [2.05, 4.69) is 14.5 Å². The number of ether oxygens (including phenoxy) is 3. The maximum absolute atomic E-state index is 14.8. The van der Waals surface area contributed by atoms with Gasteiger partial charge < -0.3 is 14.2 Å². The smallest absolute Gasteiger partial charge is 0.417 e. The third-order valence-electron chi connectivity index (χ3n) is 6.51. The molecular formula is C24H23F6N3O7S2. The summed E-state index contributed by atoms with van der Waals surface area (Å²) in [6, 6.07) is 5.34. The Hall–Kier alpha value is -3.51. The Labute approximate surface area is 240 Å². The third-order valence-corrected chi connectivity index (χ3v) is 9.61. The van der Waals surface area contributed by atoms with Crippen molar-refractivity contribution in [3.63, 3.8) is 0 Å². The molecule has 0 radical (unpaired) electrons. The van der Waals surface area contributed by atoms with Crippen molar-refractivity contribution in [1.82, 2.24) is 8.96 Å². The lowest BCUT2D eigenvalue weighted by Crippen LogP contribution is -2.51. The summed E-state index contributed by atoms with van der Waals surface area (Å²) in [6.45, 7) is -1.80. The minimum absolute atomic E-state index is 0.272. The van der Waals surface area contributed by atoms with Crippen LogP contribution in [-0.4, -0.2) is 58.3 Å². The van der Waals surface area contributed by atoms with Crippen molar-refractivity contribution < 1.29 is 61.5 Å². The van der Waals surface area contributed by atoms with Gasteiger partial charge >= 0.3 is 12.8 Å². The number of hydrogen-bond acceptors (Lipinski definition) is 8. The minimum Gasteiger partial charge on any atom is -0.478 e. The Morgan fingerprint density at radius 3 is 2.40 bits per heavy atom. The van der Waals surface area contributed by atoms with Gasteiger partial charge in [-0.1, -0.05) is 17.7 Å². The number of halogens is 6. The second-order valence-corrected chi connectivity index (χ2v) is 12.6. The zero-order chi connectivity index (χ0) is 33.8. The van der Waals surface area contributed by atoms with Crippen molar-refractivity contribution >= 4 is 25.9 Å². The number of sulfonamides is 1. The molecule has 2 aromatic heterocycles. The zero-order valence-electron chi connectivity index (χ0n) is 24.5. The van der Waals surface area contributed by atoms with Crippen LogP contribution in [-0.2, 0) is 37.6 Å². The highest BCUT2D eigenvalue weighted by molar-refractivity contribution is 7.93. The zero-order valence-corrected chi connectivity index (χ0v) is 23.1. The first kappa shape index (κ1) is 27.3. The molecule has 0 unspecified atom stereocenters. The first-order valence-electron chi connectivity index (χ1n) is 13.1. The fraction of sp³-hybridized carbons (Fsp3) is 0.375. The van der Waals surface area contributed by atoms with E-state index in [-0.39, 0.29) is 3.97 Å². The first-order chi connectivity index (χ1) is 20.6. The highest BCUT2D eigenvalue weighted by Crippen LogP contribution is 2.46. The number of hydrogen-bond donors (Lipinski definition) is 1. The highest BCUT2D eigenvalue weighted by Gasteiger charge is 2.58. The molecule has 1 aliphatic carbocycles. The van der Waals surface area contributed by atoms with Gasteiger partial charge in [-0.25, -0.2) is 25.2 Å². The Balaban J connectivity index is 1.91. The fourth-order valence-electron chi connectivity index (χ4n) is 4.37. The lowest BCUT2D eigenvalue weighted by molar-refractivity contribution is -0.273. The van der Waals surface area contributed by atoms with Crippen LogP contribution in [0.4, 0.5) is 32.2 Å². The molecule has 42 heavy (non-hydrogen) atoms. The molecule has 0 amide bonds. The summed E-state index contributed by atoms with van der Waals surface area (Å²) in [4.78, 5) is 2.11. The van der Waals surface area contributed by atoms with Gasteiger partial charge in [0.1, 0.15) is 4.90 Å². The van der Waals surface area contributed by atoms with Crippen LogP contribution in [0.1, 0.15) is 27.4 Å². The van der Waals surface area contributed by atoms with E-state index in [0.29, 0.717) is 17.8 Å². The molecule has 4 rings (SSSR count). The molecule has 0 saturated heterocycles. The van der Waals surface area contributed by atoms with E-state index in [1.165, 1.54) is 12.1 Å². The molecule has 0 aliphatic heterocycles. The second-order valence-electron chi connectivity index (χ2n) is 9.11. The van der Waals surface area contributed by atoms with Gasteiger partial charge in [-0.15, -0.1) is 0 Å². The van der Waals surface area contributed by atoms with Crippen molar-refractivity contribution in [3.05, 3.63) is 59.2 Å². The van der Waals surface area contributed by atoms with Crippen molar-refractivity contribution in [3.8, 4) is 11.6 Å². The monoisotopic (exact) mass is 646 g/mol. The van der Waals surface area contributed by atoms with Gasteiger partial charge in [0.05, 0.1) is 16.1 Å². The van der Waals surface area contributed by atoms with Gasteiger partial charge in [0.2, 0.25) is 0 Å². The van der Waals surface area contributed by atoms with E-state index in [4.69, 9.17) is 8.85 Å². The number of nitrogens with one attached hydrogen (secondary N) is 1. The molecule has 3 aromatic rings. The summed E-state index contributed by atoms with van der Waals surface area (Å²) in [6.07, 6.45) is -8.26. The number of methoxy groups -OCH3 is 2. The van der Waals surface area contributed by atoms with Crippen LogP contribution in [0.3, 0.4) is 0 Å². The maximum Gasteiger partial charge on any atom is 0.417 e. The molecule has 10 nitrogen and oxygen atoms in total. The Kier molecular flexibility index (Phi) is 7.13. The van der Waals surface area contributed by atoms with E-state index in [1.54, 1.807) is 11.6 Å². The van der Waals surface area contributed by atoms with E-state index < -0.39 is 109 Å². The summed E-state index contributed by atoms with van der Waals surface area (Å²) in [7, 11) is -12.6. The molecule has 230 valence electrons. The highest BCUT2D eigenvalue weighted by atomic mass is 32.2. The number of nitrogens with zero attached hydrogens (tertiary/aromatic N) is 2. The summed E-state index contributed by atoms with van der Waals surface area (Å²) >= 11 is 0. The van der Waals surface area contributed by atoms with E-state index in [1.807, 2.05) is 0 Å². The average Bonchev–Trinajstić information content (AvgIpc) is 3.29. The number of anilines is 1. The minimum atomic E-state index is -5.36. The second kappa shape index (κ2) is 11.0. The molecule has 1 aliphatic rings. The number of aromatic nitrogens is 2. The van der Waals surface area contributed by atoms with Gasteiger partial charge in [0.25, 0.3) is 25.9 Å². The average molecular weight is 647 g/mol. The molecule has 1 aromatic carbocycles. The SMILES string of the molecule is [2H]C([2H])([2H])O[C@@]1(C(F)(F)F)CCc2c(S(=O)(=O)Nc3nc(OC)c(OC(F)F)cc3F)cn(S(=O)(=O)c3ccc(C)cc3)c2C1. The summed E-state index contributed by atoms with van der Waals surface area (Å²) < 4.78 is 175. The lowest BCUT2D eigenvalue weighted by atomic mass is 9.83. The number of fused-ring (bicyclic) bond motifs is 1. The fourth-order valence-corrected chi connectivity index (χ4v) is 7.15. The van der Waals surface area contributed by atoms with Gasteiger partial charge in [-0.3, -0.25) is 4.72 Å². The van der Waals surface area contributed by atoms with Gasteiger partial charge in [0, 0.05) is 31.4 Å². The molecule has 18 heteroatoms. The Morgan fingerprint density at radius 2 is 1.83 bits per heavy atom. The van der Waals surface area contributed by atoms with Crippen LogP contribution >= 0.6 is 0 Å². The van der Waals surface area contributed by atoms with E-state index in [9.17, 15) is 43.2 Å². The summed E-state index contributed by atoms with van der Waals surface area (Å²) in [5.41, 5.74) is -4.04. The largest absolute Gasteiger partial charge is 0.478 e. The number of benzene rings is 1. The molecular weight excluding hydrogens is 620 g/mol. The van der Waals surface area contributed by atoms with E-state index >= 15 is 0 Å². The normalized spacial score (nSPS) is 19.0. The van der Waals surface area contributed by atoms with Crippen molar-refractivity contribution in [1.29, 1.82) is 0 Å². The lowest BCUT2D eigenvalue weighted by Gasteiger charge is -2.38. The van der Waals surface area contributed by atoms with Crippen molar-refractivity contribution in [2.75, 3.05) is 18.9 Å². The van der Waals surface area contributed by atoms with Crippen LogP contribution < -0.4 is 14.2 Å². The van der Waals surface area contributed by atoms with Crippen LogP contribution in [0.15, 0.2) is 46.3 Å². The van der Waals surface area contributed by atoms with Crippen molar-refractivity contribution in [2.24, 2.45) is 0 Å². The van der Waals surface area contributed by atoms with Crippen LogP contribution in [0, 0.1) is 12.7 Å². The standard InChI is InChI=1S/C24H23F6N3O7S2/c1-13-4-6-14(7-5-13)42(36,37)33-12-19(15-8-9-23(39-3,11-17(15)33)24(28,29)30)41(34,35)32-20-16(25)10-18(40-22(26)27)21(31-20)38-2/h4-7,10,12,22H,8-9,11H2,1-3H3,(H,31,32)/t23-/m0/s1/i3D3. The predicted octanol–water partition coefficient (Wildman–Crippen LogP) is 4.41. The van der Waals surface area contributed by atoms with Gasteiger partial charge in [-0.05, 0) is 37.5 Å². The molecule has 0 fully saturated rings. The molecule has 0 saturated carbocycles. The van der Waals surface area contributed by atoms with Crippen LogP contribution in [0.2, 0.25) is 0 Å². The van der Waals surface area contributed by atoms with Crippen molar-refractivity contribution in [2.45, 2.75) is 54.4 Å². The number of rotatable bonds is 9. The maximum atomic E-state index is 14.8. The number of pyridine rings is 1. The quantitative estimate of drug-likeness (QED) is 0.339. The number of alkyl halides is 5. The van der Waals surface area contributed by atoms with E-state index in [0.717, 1.165) is 19.2 Å². The van der Waals surface area contributed by atoms with Crippen LogP contribution in [0.5, 0.6) is 11.6 Å². The molecule has 1 atom stereocenters. The molecule has 0 bridgehead atoms. The Morgan fingerprint density at radius 1 is 1.17 bits per heavy atom. The van der Waals surface area contributed by atoms with Gasteiger partial charge in [-0.2, -0.15) is 26.9 Å². The molecule has 1 N–H and O–H groups in total. The number of aryl methyl sites for hydroxylation is 1. The summed E-state index contributed by atoms with van der Waals surface area (Å²) in [5, 5.41) is 0. The Bertz CT molecular complexity index is 1820. The molecule has 0 spiro atoms. The van der Waals surface area contributed by atoms with Gasteiger partial charge in [0.15, 0.2) is 23.0 Å². The predicted molar refractivity (Wildman–Crippen MR) is 134 cm³/mol.